The van der Waals surface area contributed by atoms with Gasteiger partial charge in [-0.15, -0.1) is 11.3 Å². The lowest BCUT2D eigenvalue weighted by Gasteiger charge is -1.98. The van der Waals surface area contributed by atoms with E-state index in [4.69, 9.17) is 10.7 Å². The Kier molecular flexibility index (Phi) is 3.72. The van der Waals surface area contributed by atoms with Gasteiger partial charge in [0, 0.05) is 10.7 Å². The van der Waals surface area contributed by atoms with Crippen molar-refractivity contribution in [2.75, 3.05) is 0 Å². The molecule has 0 atom stereocenters. The van der Waals surface area contributed by atoms with Crippen molar-refractivity contribution in [3.8, 4) is 0 Å². The second-order valence-electron chi connectivity index (χ2n) is 4.36. The number of fused-ring (bicyclic) bond motifs is 1. The minimum atomic E-state index is -3.87. The first-order valence-corrected chi connectivity index (χ1v) is 10.5. The molecule has 5 nitrogen and oxygen atoms in total. The number of benzene rings is 2. The standard InChI is InChI=1S/C13H8ClNO4S3/c14-22(18,19)10-6-7-11-12(8-10)20-13(15-11)21(16,17)9-4-2-1-3-5-9/h1-8H. The van der Waals surface area contributed by atoms with Crippen LogP contribution in [0.2, 0.25) is 0 Å². The van der Waals surface area contributed by atoms with E-state index >= 15 is 0 Å². The Morgan fingerprint density at radius 3 is 2.23 bits per heavy atom. The minimum Gasteiger partial charge on any atom is -0.225 e. The van der Waals surface area contributed by atoms with Crippen LogP contribution in [0.4, 0.5) is 0 Å². The predicted octanol–water partition coefficient (Wildman–Crippen LogP) is 3.06. The highest BCUT2D eigenvalue weighted by atomic mass is 35.7. The molecule has 22 heavy (non-hydrogen) atoms. The molecule has 0 aliphatic carbocycles. The van der Waals surface area contributed by atoms with Gasteiger partial charge in [-0.2, -0.15) is 0 Å². The van der Waals surface area contributed by atoms with E-state index in [1.807, 2.05) is 0 Å². The van der Waals surface area contributed by atoms with E-state index < -0.39 is 18.9 Å². The molecule has 0 radical (unpaired) electrons. The topological polar surface area (TPSA) is 81.2 Å². The summed E-state index contributed by atoms with van der Waals surface area (Å²) >= 11 is 0.907. The summed E-state index contributed by atoms with van der Waals surface area (Å²) in [5, 5.41) is 0. The van der Waals surface area contributed by atoms with Gasteiger partial charge in [-0.3, -0.25) is 0 Å². The average molecular weight is 374 g/mol. The van der Waals surface area contributed by atoms with Crippen LogP contribution in [-0.2, 0) is 18.9 Å². The number of aromatic nitrogens is 1. The van der Waals surface area contributed by atoms with Crippen molar-refractivity contribution in [2.45, 2.75) is 14.1 Å². The summed E-state index contributed by atoms with van der Waals surface area (Å²) in [6, 6.07) is 12.0. The minimum absolute atomic E-state index is 0.0854. The van der Waals surface area contributed by atoms with Crippen molar-refractivity contribution in [1.82, 2.24) is 4.98 Å². The lowest BCUT2D eigenvalue weighted by molar-refractivity contribution is 0.595. The molecule has 1 heterocycles. The Morgan fingerprint density at radius 1 is 0.909 bits per heavy atom. The summed E-state index contributed by atoms with van der Waals surface area (Å²) in [6.45, 7) is 0. The second-order valence-corrected chi connectivity index (χ2v) is 10.1. The van der Waals surface area contributed by atoms with E-state index in [0.29, 0.717) is 10.2 Å². The summed E-state index contributed by atoms with van der Waals surface area (Å²) < 4.78 is 48.0. The predicted molar refractivity (Wildman–Crippen MR) is 84.6 cm³/mol. The van der Waals surface area contributed by atoms with Crippen LogP contribution in [0.25, 0.3) is 10.2 Å². The van der Waals surface area contributed by atoms with Crippen molar-refractivity contribution in [3.63, 3.8) is 0 Å². The molecule has 9 heteroatoms. The fraction of sp³-hybridized carbons (Fsp3) is 0. The number of nitrogens with zero attached hydrogens (tertiary/aromatic N) is 1. The van der Waals surface area contributed by atoms with Gasteiger partial charge in [-0.25, -0.2) is 21.8 Å². The fourth-order valence-corrected chi connectivity index (χ4v) is 5.37. The van der Waals surface area contributed by atoms with Crippen LogP contribution in [-0.4, -0.2) is 21.8 Å². The molecule has 0 unspecified atom stereocenters. The van der Waals surface area contributed by atoms with Crippen LogP contribution in [0.5, 0.6) is 0 Å². The highest BCUT2D eigenvalue weighted by Crippen LogP contribution is 2.31. The van der Waals surface area contributed by atoms with Crippen molar-refractivity contribution in [3.05, 3.63) is 48.5 Å². The Bertz CT molecular complexity index is 1060. The molecule has 0 aliphatic heterocycles. The van der Waals surface area contributed by atoms with Gasteiger partial charge in [0.05, 0.1) is 20.0 Å². The number of hydrogen-bond acceptors (Lipinski definition) is 6. The molecule has 0 bridgehead atoms. The lowest BCUT2D eigenvalue weighted by atomic mass is 10.3. The van der Waals surface area contributed by atoms with Gasteiger partial charge in [0.1, 0.15) is 0 Å². The maximum atomic E-state index is 12.5. The first kappa shape index (κ1) is 15.4. The molecular weight excluding hydrogens is 366 g/mol. The smallest absolute Gasteiger partial charge is 0.225 e. The lowest BCUT2D eigenvalue weighted by Crippen LogP contribution is -2.00. The third-order valence-corrected chi connectivity index (χ3v) is 7.42. The molecule has 3 aromatic rings. The van der Waals surface area contributed by atoms with Gasteiger partial charge in [-0.05, 0) is 30.3 Å². The van der Waals surface area contributed by atoms with Crippen molar-refractivity contribution >= 4 is 51.1 Å². The molecular formula is C13H8ClNO4S3. The largest absolute Gasteiger partial charge is 0.261 e. The van der Waals surface area contributed by atoms with Crippen molar-refractivity contribution in [2.24, 2.45) is 0 Å². The van der Waals surface area contributed by atoms with E-state index in [1.54, 1.807) is 18.2 Å². The maximum Gasteiger partial charge on any atom is 0.261 e. The molecule has 3 rings (SSSR count). The number of hydrogen-bond donors (Lipinski definition) is 0. The molecule has 0 aliphatic rings. The van der Waals surface area contributed by atoms with E-state index in [9.17, 15) is 16.8 Å². The number of rotatable bonds is 3. The van der Waals surface area contributed by atoms with E-state index in [2.05, 4.69) is 4.98 Å². The Balaban J connectivity index is 2.18. The van der Waals surface area contributed by atoms with E-state index in [1.165, 1.54) is 30.3 Å². The molecule has 0 spiro atoms. The van der Waals surface area contributed by atoms with Crippen LogP contribution >= 0.6 is 22.0 Å². The molecule has 0 saturated heterocycles. The SMILES string of the molecule is O=S(=O)(Cl)c1ccc2nc(S(=O)(=O)c3ccccc3)sc2c1. The zero-order valence-corrected chi connectivity index (χ0v) is 14.0. The summed E-state index contributed by atoms with van der Waals surface area (Å²) in [4.78, 5) is 4.13. The molecule has 114 valence electrons. The van der Waals surface area contributed by atoms with Gasteiger partial charge < -0.3 is 0 Å². The molecule has 0 saturated carbocycles. The Morgan fingerprint density at radius 2 is 1.59 bits per heavy atom. The fourth-order valence-electron chi connectivity index (χ4n) is 1.85. The Hall–Kier alpha value is -1.48. The summed E-state index contributed by atoms with van der Waals surface area (Å²) in [7, 11) is -2.31. The van der Waals surface area contributed by atoms with Gasteiger partial charge >= 0.3 is 0 Å². The van der Waals surface area contributed by atoms with Crippen LogP contribution in [0.15, 0.2) is 62.7 Å². The van der Waals surface area contributed by atoms with Gasteiger partial charge in [0.15, 0.2) is 0 Å². The van der Waals surface area contributed by atoms with Gasteiger partial charge in [-0.1, -0.05) is 18.2 Å². The quantitative estimate of drug-likeness (QED) is 0.659. The number of halogens is 1. The van der Waals surface area contributed by atoms with Crippen molar-refractivity contribution < 1.29 is 16.8 Å². The van der Waals surface area contributed by atoms with E-state index in [-0.39, 0.29) is 14.1 Å². The monoisotopic (exact) mass is 373 g/mol. The van der Waals surface area contributed by atoms with Crippen LogP contribution in [0, 0.1) is 0 Å². The summed E-state index contributed by atoms with van der Waals surface area (Å²) in [5.74, 6) is 0. The van der Waals surface area contributed by atoms with Crippen LogP contribution in [0.3, 0.4) is 0 Å². The molecule has 0 amide bonds. The van der Waals surface area contributed by atoms with Crippen LogP contribution in [0.1, 0.15) is 0 Å². The third kappa shape index (κ3) is 2.74. The summed E-state index contributed by atoms with van der Waals surface area (Å²) in [5.41, 5.74) is 0.406. The maximum absolute atomic E-state index is 12.5. The zero-order valence-electron chi connectivity index (χ0n) is 10.8. The molecule has 1 aromatic heterocycles. The first-order valence-electron chi connectivity index (χ1n) is 5.94. The van der Waals surface area contributed by atoms with Crippen LogP contribution < -0.4 is 0 Å². The summed E-state index contributed by atoms with van der Waals surface area (Å²) in [6.07, 6.45) is 0. The average Bonchev–Trinajstić information content (AvgIpc) is 2.91. The Labute approximate surface area is 135 Å². The third-order valence-electron chi connectivity index (χ3n) is 2.91. The normalized spacial score (nSPS) is 12.6. The number of thiazole rings is 1. The second kappa shape index (κ2) is 5.31. The molecule has 0 N–H and O–H groups in total. The highest BCUT2D eigenvalue weighted by Gasteiger charge is 2.22. The first-order chi connectivity index (χ1) is 10.3. The van der Waals surface area contributed by atoms with E-state index in [0.717, 1.165) is 11.3 Å². The number of sulfone groups is 1. The molecule has 0 fully saturated rings. The zero-order chi connectivity index (χ0) is 16.0. The van der Waals surface area contributed by atoms with Gasteiger partial charge in [0.25, 0.3) is 9.05 Å². The van der Waals surface area contributed by atoms with Gasteiger partial charge in [0.2, 0.25) is 14.2 Å². The van der Waals surface area contributed by atoms with Crippen molar-refractivity contribution in [1.29, 1.82) is 0 Å². The molecule has 2 aromatic carbocycles. The highest BCUT2D eigenvalue weighted by molar-refractivity contribution is 8.13.